The average molecular weight is 362 g/mol. The highest BCUT2D eigenvalue weighted by molar-refractivity contribution is 6.00. The first kappa shape index (κ1) is 18.1. The lowest BCUT2D eigenvalue weighted by Crippen LogP contribution is -2.15. The molecule has 0 radical (unpaired) electrons. The molecular formula is C18H18O8. The van der Waals surface area contributed by atoms with Crippen LogP contribution in [0.3, 0.4) is 0 Å². The average Bonchev–Trinajstić information content (AvgIpc) is 3.56. The summed E-state index contributed by atoms with van der Waals surface area (Å²) in [5, 5.41) is 0. The zero-order valence-electron chi connectivity index (χ0n) is 14.0. The number of hydrogen-bond acceptors (Lipinski definition) is 8. The first-order valence-corrected chi connectivity index (χ1v) is 8.07. The maximum Gasteiger partial charge on any atom is 0.338 e. The largest absolute Gasteiger partial charge is 0.459 e. The Hall–Kier alpha value is -2.71. The topological polar surface area (TPSA) is 104 Å². The van der Waals surface area contributed by atoms with E-state index in [1.54, 1.807) is 0 Å². The quantitative estimate of drug-likeness (QED) is 0.279. The highest BCUT2D eigenvalue weighted by Crippen LogP contribution is 2.17. The zero-order valence-corrected chi connectivity index (χ0v) is 14.0. The first-order chi connectivity index (χ1) is 12.6. The molecule has 1 aromatic carbocycles. The van der Waals surface area contributed by atoms with Crippen molar-refractivity contribution in [3.8, 4) is 0 Å². The van der Waals surface area contributed by atoms with E-state index in [0.29, 0.717) is 13.2 Å². The van der Waals surface area contributed by atoms with E-state index in [2.05, 4.69) is 6.58 Å². The third kappa shape index (κ3) is 5.14. The summed E-state index contributed by atoms with van der Waals surface area (Å²) in [6, 6.07) is 3.93. The maximum absolute atomic E-state index is 12.2. The molecule has 2 aliphatic heterocycles. The molecule has 1 aromatic rings. The van der Waals surface area contributed by atoms with Crippen LogP contribution >= 0.6 is 0 Å². The molecule has 0 bridgehead atoms. The second-order valence-electron chi connectivity index (χ2n) is 5.79. The Morgan fingerprint density at radius 1 is 0.885 bits per heavy atom. The van der Waals surface area contributed by atoms with E-state index in [4.69, 9.17) is 23.7 Å². The smallest absolute Gasteiger partial charge is 0.338 e. The fourth-order valence-electron chi connectivity index (χ4n) is 2.03. The van der Waals surface area contributed by atoms with Gasteiger partial charge in [0.2, 0.25) is 0 Å². The van der Waals surface area contributed by atoms with E-state index in [1.165, 1.54) is 24.3 Å². The molecule has 26 heavy (non-hydrogen) atoms. The highest BCUT2D eigenvalue weighted by atomic mass is 16.6. The molecule has 2 saturated heterocycles. The van der Waals surface area contributed by atoms with Gasteiger partial charge in [-0.1, -0.05) is 12.7 Å². The Morgan fingerprint density at radius 2 is 1.27 bits per heavy atom. The van der Waals surface area contributed by atoms with Gasteiger partial charge in [0.05, 0.1) is 29.9 Å². The van der Waals surface area contributed by atoms with Gasteiger partial charge in [-0.2, -0.15) is 0 Å². The van der Waals surface area contributed by atoms with Crippen molar-refractivity contribution in [2.75, 3.05) is 33.0 Å². The van der Waals surface area contributed by atoms with E-state index in [-0.39, 0.29) is 48.7 Å². The number of carbonyl (C=O) groups excluding carboxylic acids is 3. The summed E-state index contributed by atoms with van der Waals surface area (Å²) in [5.41, 5.74) is 0.139. The molecule has 0 N–H and O–H groups in total. The molecule has 3 rings (SSSR count). The van der Waals surface area contributed by atoms with Crippen molar-refractivity contribution < 1.29 is 38.1 Å². The van der Waals surface area contributed by atoms with Crippen LogP contribution in [0.25, 0.3) is 0 Å². The van der Waals surface area contributed by atoms with Crippen LogP contribution in [0.4, 0.5) is 0 Å². The van der Waals surface area contributed by atoms with Crippen LogP contribution in [0.2, 0.25) is 0 Å². The number of hydrogen-bond donors (Lipinski definition) is 0. The normalized spacial score (nSPS) is 20.0. The summed E-state index contributed by atoms with van der Waals surface area (Å²) >= 11 is 0. The fourth-order valence-corrected chi connectivity index (χ4v) is 2.03. The molecule has 2 atom stereocenters. The van der Waals surface area contributed by atoms with Gasteiger partial charge in [-0.05, 0) is 18.2 Å². The molecule has 138 valence electrons. The molecule has 0 aromatic heterocycles. The molecule has 2 fully saturated rings. The number of ether oxygens (including phenoxy) is 5. The van der Waals surface area contributed by atoms with Crippen molar-refractivity contribution in [1.29, 1.82) is 0 Å². The van der Waals surface area contributed by atoms with Gasteiger partial charge < -0.3 is 23.7 Å². The SMILES string of the molecule is C=CCOC(=O)c1cc(C(=O)OCC2CO2)cc(C(=O)OCC2CO2)c1. The van der Waals surface area contributed by atoms with E-state index in [9.17, 15) is 14.4 Å². The van der Waals surface area contributed by atoms with Crippen molar-refractivity contribution >= 4 is 17.9 Å². The van der Waals surface area contributed by atoms with Crippen LogP contribution in [0.15, 0.2) is 30.9 Å². The third-order valence-electron chi connectivity index (χ3n) is 3.58. The summed E-state index contributed by atoms with van der Waals surface area (Å²) in [4.78, 5) is 36.5. The van der Waals surface area contributed by atoms with Crippen molar-refractivity contribution in [3.63, 3.8) is 0 Å². The lowest BCUT2D eigenvalue weighted by atomic mass is 10.1. The van der Waals surface area contributed by atoms with E-state index < -0.39 is 17.9 Å². The summed E-state index contributed by atoms with van der Waals surface area (Å²) in [7, 11) is 0. The zero-order chi connectivity index (χ0) is 18.5. The minimum absolute atomic E-state index is 0.00528. The lowest BCUT2D eigenvalue weighted by molar-refractivity contribution is 0.0474. The summed E-state index contributed by atoms with van der Waals surface area (Å²) < 4.78 is 25.1. The van der Waals surface area contributed by atoms with Gasteiger partial charge in [-0.25, -0.2) is 14.4 Å². The van der Waals surface area contributed by atoms with Gasteiger partial charge in [0, 0.05) is 0 Å². The Bertz CT molecular complexity index is 672. The molecule has 2 unspecified atom stereocenters. The van der Waals surface area contributed by atoms with E-state index in [0.717, 1.165) is 0 Å². The second kappa shape index (κ2) is 8.11. The van der Waals surface area contributed by atoms with Crippen LogP contribution in [0, 0.1) is 0 Å². The molecule has 2 aliphatic rings. The Balaban J connectivity index is 1.76. The van der Waals surface area contributed by atoms with Gasteiger partial charge >= 0.3 is 17.9 Å². The first-order valence-electron chi connectivity index (χ1n) is 8.07. The molecule has 0 saturated carbocycles. The van der Waals surface area contributed by atoms with Gasteiger partial charge in [0.25, 0.3) is 0 Å². The Morgan fingerprint density at radius 3 is 1.62 bits per heavy atom. The summed E-state index contributed by atoms with van der Waals surface area (Å²) in [6.07, 6.45) is 1.22. The summed E-state index contributed by atoms with van der Waals surface area (Å²) in [5.74, 6) is -2.03. The highest BCUT2D eigenvalue weighted by Gasteiger charge is 2.27. The van der Waals surface area contributed by atoms with Crippen molar-refractivity contribution in [2.24, 2.45) is 0 Å². The number of esters is 3. The van der Waals surface area contributed by atoms with Gasteiger partial charge in [0.1, 0.15) is 32.0 Å². The minimum atomic E-state index is -0.690. The Labute approximate surface area is 149 Å². The van der Waals surface area contributed by atoms with Gasteiger partial charge in [-0.3, -0.25) is 0 Å². The van der Waals surface area contributed by atoms with Gasteiger partial charge in [-0.15, -0.1) is 0 Å². The van der Waals surface area contributed by atoms with Crippen LogP contribution in [-0.4, -0.2) is 63.2 Å². The number of epoxide rings is 2. The second-order valence-corrected chi connectivity index (χ2v) is 5.79. The van der Waals surface area contributed by atoms with Crippen LogP contribution in [0.5, 0.6) is 0 Å². The van der Waals surface area contributed by atoms with Crippen molar-refractivity contribution in [1.82, 2.24) is 0 Å². The van der Waals surface area contributed by atoms with E-state index in [1.807, 2.05) is 0 Å². The molecule has 8 nitrogen and oxygen atoms in total. The van der Waals surface area contributed by atoms with Crippen molar-refractivity contribution in [2.45, 2.75) is 12.2 Å². The van der Waals surface area contributed by atoms with Crippen LogP contribution in [0.1, 0.15) is 31.1 Å². The molecule has 2 heterocycles. The van der Waals surface area contributed by atoms with Crippen LogP contribution < -0.4 is 0 Å². The third-order valence-corrected chi connectivity index (χ3v) is 3.58. The number of rotatable bonds is 9. The number of benzene rings is 1. The van der Waals surface area contributed by atoms with Crippen molar-refractivity contribution in [3.05, 3.63) is 47.5 Å². The van der Waals surface area contributed by atoms with Gasteiger partial charge in [0.15, 0.2) is 0 Å². The maximum atomic E-state index is 12.2. The van der Waals surface area contributed by atoms with E-state index >= 15 is 0 Å². The summed E-state index contributed by atoms with van der Waals surface area (Å²) in [6.45, 7) is 4.78. The molecular weight excluding hydrogens is 344 g/mol. The number of carbonyl (C=O) groups is 3. The molecule has 0 spiro atoms. The Kier molecular flexibility index (Phi) is 5.65. The standard InChI is InChI=1S/C18H18O8/c1-2-3-22-16(19)11-4-12(17(20)25-9-14-7-23-14)6-13(5-11)18(21)26-10-15-8-24-15/h2,4-6,14-15H,1,3,7-10H2. The lowest BCUT2D eigenvalue weighted by Gasteiger charge is -2.09. The fraction of sp³-hybridized carbons (Fsp3) is 0.389. The predicted molar refractivity (Wildman–Crippen MR) is 87.0 cm³/mol. The van der Waals surface area contributed by atoms with Crippen LogP contribution in [-0.2, 0) is 23.7 Å². The predicted octanol–water partition coefficient (Wildman–Crippen LogP) is 1.14. The molecule has 0 aliphatic carbocycles. The monoisotopic (exact) mass is 362 g/mol. The molecule has 8 heteroatoms. The minimum Gasteiger partial charge on any atom is -0.459 e. The molecule has 0 amide bonds.